The fraction of sp³-hybridized carbons (Fsp3) is 0.300. The Hall–Kier alpha value is -3.12. The molecule has 170 valence electrons. The maximum Gasteiger partial charge on any atom is 0.402 e. The number of nitrogens with one attached hydrogen (secondary N) is 3. The molecular weight excluding hydrogens is 447 g/mol. The van der Waals surface area contributed by atoms with E-state index in [1.807, 2.05) is 6.07 Å². The van der Waals surface area contributed by atoms with Crippen LogP contribution in [0.2, 0.25) is 0 Å². The van der Waals surface area contributed by atoms with Gasteiger partial charge in [0.05, 0.1) is 5.69 Å². The van der Waals surface area contributed by atoms with E-state index >= 15 is 0 Å². The highest BCUT2D eigenvalue weighted by Crippen LogP contribution is 2.36. The topological polar surface area (TPSA) is 107 Å². The zero-order chi connectivity index (χ0) is 23.1. The summed E-state index contributed by atoms with van der Waals surface area (Å²) in [5.41, 5.74) is 2.97. The Morgan fingerprint density at radius 2 is 1.97 bits per heavy atom. The second-order valence-corrected chi connectivity index (χ2v) is 9.08. The Balaban J connectivity index is 1.66. The number of aromatic nitrogens is 2. The molecule has 0 spiro atoms. The highest BCUT2D eigenvalue weighted by molar-refractivity contribution is 7.90. The molecule has 1 aromatic carbocycles. The van der Waals surface area contributed by atoms with E-state index in [0.717, 1.165) is 35.8 Å². The number of pyridine rings is 1. The van der Waals surface area contributed by atoms with Gasteiger partial charge >= 0.3 is 6.18 Å². The van der Waals surface area contributed by atoms with Crippen molar-refractivity contribution in [3.8, 4) is 11.1 Å². The van der Waals surface area contributed by atoms with Gasteiger partial charge in [0, 0.05) is 17.6 Å². The predicted octanol–water partition coefficient (Wildman–Crippen LogP) is 3.47. The first kappa shape index (κ1) is 22.1. The van der Waals surface area contributed by atoms with E-state index in [0.29, 0.717) is 17.0 Å². The van der Waals surface area contributed by atoms with Gasteiger partial charge in [-0.25, -0.2) is 4.98 Å². The summed E-state index contributed by atoms with van der Waals surface area (Å²) in [5.74, 6) is 0.507. The maximum absolute atomic E-state index is 12.3. The summed E-state index contributed by atoms with van der Waals surface area (Å²) < 4.78 is 64.3. The molecule has 32 heavy (non-hydrogen) atoms. The number of alkyl halides is 3. The third kappa shape index (κ3) is 4.86. The summed E-state index contributed by atoms with van der Waals surface area (Å²) >= 11 is 0. The van der Waals surface area contributed by atoms with Gasteiger partial charge in [0.15, 0.2) is 0 Å². The molecule has 3 aromatic rings. The molecule has 0 atom stereocenters. The fourth-order valence-corrected chi connectivity index (χ4v) is 4.32. The van der Waals surface area contributed by atoms with E-state index in [4.69, 9.17) is 0 Å². The van der Waals surface area contributed by atoms with Crippen LogP contribution >= 0.6 is 0 Å². The van der Waals surface area contributed by atoms with Crippen molar-refractivity contribution in [3.05, 3.63) is 42.1 Å². The Morgan fingerprint density at radius 1 is 1.22 bits per heavy atom. The lowest BCUT2D eigenvalue weighted by atomic mass is 9.98. The molecular formula is C20H20F3N5O3S. The predicted molar refractivity (Wildman–Crippen MR) is 114 cm³/mol. The molecule has 1 aliphatic carbocycles. The van der Waals surface area contributed by atoms with Crippen LogP contribution < -0.4 is 14.3 Å². The van der Waals surface area contributed by atoms with E-state index in [1.165, 1.54) is 16.9 Å². The van der Waals surface area contributed by atoms with Crippen molar-refractivity contribution < 1.29 is 26.4 Å². The standard InChI is InChI=1S/C20H20F3N5O3S/c1-12-8-13(27-32(30,31)25-10-20(21,22)23)2-5-15(12)17-9-18(28(11-29)14-3-4-14)26-19-16(17)6-7-24-19/h2,5-9,11,14,25,27H,3-4,10H2,1H3,(H,24,26). The number of hydrogen-bond acceptors (Lipinski definition) is 4. The molecule has 2 aromatic heterocycles. The van der Waals surface area contributed by atoms with Crippen LogP contribution in [-0.4, -0.2) is 43.6 Å². The Kier molecular flexibility index (Phi) is 5.59. The van der Waals surface area contributed by atoms with E-state index in [-0.39, 0.29) is 11.7 Å². The number of aromatic amines is 1. The number of carbonyl (C=O) groups excluding carboxylic acids is 1. The van der Waals surface area contributed by atoms with Gasteiger partial charge in [-0.3, -0.25) is 14.4 Å². The number of aryl methyl sites for hydroxylation is 1. The van der Waals surface area contributed by atoms with Crippen LogP contribution in [0.3, 0.4) is 0 Å². The summed E-state index contributed by atoms with van der Waals surface area (Å²) in [6.45, 7) is 0.0894. The second kappa shape index (κ2) is 8.10. The second-order valence-electron chi connectivity index (χ2n) is 7.58. The summed E-state index contributed by atoms with van der Waals surface area (Å²) in [4.78, 5) is 20.8. The molecule has 0 aliphatic heterocycles. The monoisotopic (exact) mass is 467 g/mol. The van der Waals surface area contributed by atoms with Crippen LogP contribution in [0.1, 0.15) is 18.4 Å². The fourth-order valence-electron chi connectivity index (χ4n) is 3.46. The maximum atomic E-state index is 12.3. The van der Waals surface area contributed by atoms with E-state index < -0.39 is 22.9 Å². The van der Waals surface area contributed by atoms with Crippen molar-refractivity contribution >= 4 is 39.2 Å². The third-order valence-corrected chi connectivity index (χ3v) is 6.09. The zero-order valence-electron chi connectivity index (χ0n) is 16.9. The van der Waals surface area contributed by atoms with Crippen LogP contribution in [0.5, 0.6) is 0 Å². The average Bonchev–Trinajstić information content (AvgIpc) is 3.42. The first-order valence-corrected chi connectivity index (χ1v) is 11.2. The van der Waals surface area contributed by atoms with Crippen LogP contribution in [0.4, 0.5) is 24.7 Å². The van der Waals surface area contributed by atoms with Crippen molar-refractivity contribution in [1.29, 1.82) is 0 Å². The van der Waals surface area contributed by atoms with Gasteiger partial charge in [-0.15, -0.1) is 0 Å². The first-order valence-electron chi connectivity index (χ1n) is 9.73. The molecule has 0 radical (unpaired) electrons. The van der Waals surface area contributed by atoms with E-state index in [1.54, 1.807) is 30.2 Å². The van der Waals surface area contributed by atoms with E-state index in [9.17, 15) is 26.4 Å². The number of H-pyrrole nitrogens is 1. The van der Waals surface area contributed by atoms with Crippen molar-refractivity contribution in [2.24, 2.45) is 0 Å². The van der Waals surface area contributed by atoms with Gasteiger partial charge in [-0.2, -0.15) is 26.3 Å². The number of anilines is 2. The first-order chi connectivity index (χ1) is 15.1. The molecule has 3 N–H and O–H groups in total. The normalized spacial score (nSPS) is 14.5. The zero-order valence-corrected chi connectivity index (χ0v) is 17.7. The number of rotatable bonds is 8. The van der Waals surface area contributed by atoms with Gasteiger partial charge in [0.25, 0.3) is 10.2 Å². The quantitative estimate of drug-likeness (QED) is 0.441. The lowest BCUT2D eigenvalue weighted by molar-refractivity contribution is -0.121. The minimum Gasteiger partial charge on any atom is -0.346 e. The molecule has 0 bridgehead atoms. The van der Waals surface area contributed by atoms with Gasteiger partial charge in [0.2, 0.25) is 6.41 Å². The minimum atomic E-state index is -4.66. The SMILES string of the molecule is Cc1cc(NS(=O)(=O)NCC(F)(F)F)ccc1-c1cc(N(C=O)C2CC2)nc2[nH]ccc12. The van der Waals surface area contributed by atoms with Crippen molar-refractivity contribution in [2.75, 3.05) is 16.2 Å². The molecule has 2 heterocycles. The Bertz CT molecular complexity index is 1270. The number of fused-ring (bicyclic) bond motifs is 1. The number of halogens is 3. The third-order valence-electron chi connectivity index (χ3n) is 5.06. The molecule has 12 heteroatoms. The largest absolute Gasteiger partial charge is 0.402 e. The van der Waals surface area contributed by atoms with Crippen molar-refractivity contribution in [2.45, 2.75) is 32.0 Å². The summed E-state index contributed by atoms with van der Waals surface area (Å²) in [7, 11) is -4.39. The lowest BCUT2D eigenvalue weighted by Gasteiger charge is -2.18. The van der Waals surface area contributed by atoms with Crippen LogP contribution in [0, 0.1) is 6.92 Å². The summed E-state index contributed by atoms with van der Waals surface area (Å²) in [6, 6.07) is 8.44. The van der Waals surface area contributed by atoms with Crippen molar-refractivity contribution in [1.82, 2.24) is 14.7 Å². The molecule has 4 rings (SSSR count). The molecule has 0 unspecified atom stereocenters. The van der Waals surface area contributed by atoms with Gasteiger partial charge in [-0.1, -0.05) is 6.07 Å². The van der Waals surface area contributed by atoms with Crippen LogP contribution in [0.15, 0.2) is 36.5 Å². The van der Waals surface area contributed by atoms with E-state index in [2.05, 4.69) is 14.7 Å². The number of benzene rings is 1. The minimum absolute atomic E-state index is 0.119. The summed E-state index contributed by atoms with van der Waals surface area (Å²) in [6.07, 6.45) is -0.344. The number of nitrogens with zero attached hydrogens (tertiary/aromatic N) is 2. The highest BCUT2D eigenvalue weighted by atomic mass is 32.2. The van der Waals surface area contributed by atoms with Crippen LogP contribution in [-0.2, 0) is 15.0 Å². The highest BCUT2D eigenvalue weighted by Gasteiger charge is 2.31. The number of carbonyl (C=O) groups is 1. The molecule has 1 saturated carbocycles. The van der Waals surface area contributed by atoms with Gasteiger partial charge < -0.3 is 4.98 Å². The molecule has 8 nitrogen and oxygen atoms in total. The Morgan fingerprint density at radius 3 is 2.59 bits per heavy atom. The van der Waals surface area contributed by atoms with Gasteiger partial charge in [-0.05, 0) is 60.7 Å². The molecule has 1 amide bonds. The molecule has 1 fully saturated rings. The smallest absolute Gasteiger partial charge is 0.346 e. The van der Waals surface area contributed by atoms with Crippen molar-refractivity contribution in [3.63, 3.8) is 0 Å². The molecule has 1 aliphatic rings. The van der Waals surface area contributed by atoms with Gasteiger partial charge in [0.1, 0.15) is 18.0 Å². The molecule has 0 saturated heterocycles. The van der Waals surface area contributed by atoms with Crippen LogP contribution in [0.25, 0.3) is 22.2 Å². The lowest BCUT2D eigenvalue weighted by Crippen LogP contribution is -2.37. The number of amides is 1. The average molecular weight is 467 g/mol. The Labute approximate surface area is 182 Å². The number of hydrogen-bond donors (Lipinski definition) is 3. The summed E-state index contributed by atoms with van der Waals surface area (Å²) in [5, 5.41) is 0.818.